The second kappa shape index (κ2) is 7.69. The molecule has 2 saturated heterocycles. The van der Waals surface area contributed by atoms with Crippen molar-refractivity contribution in [2.24, 2.45) is 5.10 Å². The van der Waals surface area contributed by atoms with Crippen LogP contribution >= 0.6 is 0 Å². The van der Waals surface area contributed by atoms with Gasteiger partial charge in [0, 0.05) is 43.9 Å². The second-order valence-electron chi connectivity index (χ2n) is 6.91. The Labute approximate surface area is 158 Å². The molecule has 1 aromatic carbocycles. The normalized spacial score (nSPS) is 17.2. The quantitative estimate of drug-likeness (QED) is 0.551. The molecule has 4 rings (SSSR count). The first-order chi connectivity index (χ1) is 13.2. The molecule has 8 heteroatoms. The maximum atomic E-state index is 9.85. The van der Waals surface area contributed by atoms with Gasteiger partial charge in [-0.25, -0.2) is 0 Å². The number of aromatic nitrogens is 2. The summed E-state index contributed by atoms with van der Waals surface area (Å²) in [5.74, 6) is 2.28. The molecule has 3 heterocycles. The number of rotatable bonds is 5. The highest BCUT2D eigenvalue weighted by atomic mass is 16.3. The Morgan fingerprint density at radius 1 is 0.926 bits per heavy atom. The molecular weight excluding hydrogens is 344 g/mol. The first-order valence-corrected chi connectivity index (χ1v) is 9.39. The molecule has 0 spiro atoms. The molecule has 0 atom stereocenters. The molecule has 0 aliphatic carbocycles. The first kappa shape index (κ1) is 17.4. The molecule has 2 aliphatic heterocycles. The lowest BCUT2D eigenvalue weighted by molar-refractivity contribution is 0.450. The Kier molecular flexibility index (Phi) is 4.95. The summed E-state index contributed by atoms with van der Waals surface area (Å²) in [5, 5.41) is 23.4. The van der Waals surface area contributed by atoms with E-state index in [1.54, 1.807) is 6.07 Å². The Hall–Kier alpha value is -3.03. The highest BCUT2D eigenvalue weighted by Crippen LogP contribution is 2.26. The maximum absolute atomic E-state index is 9.85. The summed E-state index contributed by atoms with van der Waals surface area (Å²) in [4.78, 5) is 13.9. The lowest BCUT2D eigenvalue weighted by Crippen LogP contribution is -2.24. The van der Waals surface area contributed by atoms with Gasteiger partial charge in [-0.3, -0.25) is 5.43 Å². The van der Waals surface area contributed by atoms with E-state index in [-0.39, 0.29) is 11.5 Å². The van der Waals surface area contributed by atoms with E-state index in [0.717, 1.165) is 37.9 Å². The number of anilines is 3. The molecule has 8 nitrogen and oxygen atoms in total. The lowest BCUT2D eigenvalue weighted by atomic mass is 10.2. The lowest BCUT2D eigenvalue weighted by Gasteiger charge is -2.21. The van der Waals surface area contributed by atoms with Gasteiger partial charge in [-0.1, -0.05) is 0 Å². The Bertz CT molecular complexity index is 795. The van der Waals surface area contributed by atoms with Crippen molar-refractivity contribution in [1.82, 2.24) is 9.97 Å². The van der Waals surface area contributed by atoms with Gasteiger partial charge in [-0.05, 0) is 37.8 Å². The van der Waals surface area contributed by atoms with Crippen LogP contribution in [-0.4, -0.2) is 52.6 Å². The van der Waals surface area contributed by atoms with Crippen molar-refractivity contribution in [2.45, 2.75) is 25.7 Å². The number of benzene rings is 1. The monoisotopic (exact) mass is 368 g/mol. The fourth-order valence-electron chi connectivity index (χ4n) is 3.46. The highest BCUT2D eigenvalue weighted by molar-refractivity contribution is 5.84. The number of hydrogen-bond acceptors (Lipinski definition) is 8. The fourth-order valence-corrected chi connectivity index (χ4v) is 3.46. The third-order valence-corrected chi connectivity index (χ3v) is 4.92. The largest absolute Gasteiger partial charge is 0.508 e. The second-order valence-corrected chi connectivity index (χ2v) is 6.91. The van der Waals surface area contributed by atoms with Crippen LogP contribution in [0.15, 0.2) is 29.4 Å². The topological polar surface area (TPSA) is 97.1 Å². The number of aromatic hydroxyl groups is 2. The van der Waals surface area contributed by atoms with Crippen LogP contribution in [0.4, 0.5) is 17.6 Å². The van der Waals surface area contributed by atoms with Crippen molar-refractivity contribution in [3.63, 3.8) is 0 Å². The molecule has 142 valence electrons. The van der Waals surface area contributed by atoms with E-state index in [1.807, 2.05) is 6.07 Å². The van der Waals surface area contributed by atoms with E-state index in [2.05, 4.69) is 25.3 Å². The predicted molar refractivity (Wildman–Crippen MR) is 106 cm³/mol. The van der Waals surface area contributed by atoms with Gasteiger partial charge < -0.3 is 20.0 Å². The smallest absolute Gasteiger partial charge is 0.229 e. The summed E-state index contributed by atoms with van der Waals surface area (Å²) in [5.41, 5.74) is 3.46. The Balaban J connectivity index is 1.55. The summed E-state index contributed by atoms with van der Waals surface area (Å²) in [6, 6.07) is 6.30. The first-order valence-electron chi connectivity index (χ1n) is 9.39. The summed E-state index contributed by atoms with van der Waals surface area (Å²) >= 11 is 0. The molecule has 2 aromatic rings. The van der Waals surface area contributed by atoms with Crippen molar-refractivity contribution in [3.8, 4) is 11.5 Å². The van der Waals surface area contributed by atoms with Crippen LogP contribution in [0.5, 0.6) is 11.5 Å². The van der Waals surface area contributed by atoms with Crippen molar-refractivity contribution >= 4 is 23.8 Å². The average molecular weight is 368 g/mol. The summed E-state index contributed by atoms with van der Waals surface area (Å²) in [6.45, 7) is 3.99. The van der Waals surface area contributed by atoms with Gasteiger partial charge in [-0.2, -0.15) is 15.1 Å². The van der Waals surface area contributed by atoms with Crippen LogP contribution in [-0.2, 0) is 0 Å². The SMILES string of the molecule is Oc1ccc(/C=N/Nc2cc(N3CCCC3)nc(N3CCCC3)n2)c(O)c1. The van der Waals surface area contributed by atoms with Gasteiger partial charge in [0.05, 0.1) is 6.21 Å². The zero-order chi connectivity index (χ0) is 18.6. The maximum Gasteiger partial charge on any atom is 0.229 e. The molecule has 0 radical (unpaired) electrons. The molecule has 0 saturated carbocycles. The minimum absolute atomic E-state index is 0.0129. The van der Waals surface area contributed by atoms with E-state index in [4.69, 9.17) is 4.98 Å². The number of phenols is 2. The number of nitrogens with zero attached hydrogens (tertiary/aromatic N) is 5. The number of hydrogen-bond donors (Lipinski definition) is 3. The van der Waals surface area contributed by atoms with Gasteiger partial charge in [-0.15, -0.1) is 0 Å². The van der Waals surface area contributed by atoms with Crippen LogP contribution in [0, 0.1) is 0 Å². The van der Waals surface area contributed by atoms with Crippen molar-refractivity contribution in [3.05, 3.63) is 29.8 Å². The third kappa shape index (κ3) is 4.05. The minimum Gasteiger partial charge on any atom is -0.508 e. The highest BCUT2D eigenvalue weighted by Gasteiger charge is 2.20. The van der Waals surface area contributed by atoms with E-state index in [0.29, 0.717) is 11.4 Å². The van der Waals surface area contributed by atoms with Crippen molar-refractivity contribution < 1.29 is 10.2 Å². The standard InChI is InChI=1S/C19H24N6O2/c26-15-6-5-14(16(27)11-15)13-20-23-17-12-18(24-7-1-2-8-24)22-19(21-17)25-9-3-4-10-25/h5-6,11-13,26-27H,1-4,7-10H2,(H,21,22,23)/b20-13+. The average Bonchev–Trinajstić information content (AvgIpc) is 3.37. The van der Waals surface area contributed by atoms with Crippen LogP contribution < -0.4 is 15.2 Å². The molecule has 0 bridgehead atoms. The molecule has 0 amide bonds. The third-order valence-electron chi connectivity index (χ3n) is 4.92. The molecular formula is C19H24N6O2. The van der Waals surface area contributed by atoms with Crippen molar-refractivity contribution in [1.29, 1.82) is 0 Å². The van der Waals surface area contributed by atoms with E-state index >= 15 is 0 Å². The molecule has 2 fully saturated rings. The minimum atomic E-state index is -0.0289. The van der Waals surface area contributed by atoms with Gasteiger partial charge >= 0.3 is 0 Å². The van der Waals surface area contributed by atoms with E-state index < -0.39 is 0 Å². The van der Waals surface area contributed by atoms with Gasteiger partial charge in [0.2, 0.25) is 5.95 Å². The molecule has 1 aromatic heterocycles. The Morgan fingerprint density at radius 3 is 2.33 bits per heavy atom. The van der Waals surface area contributed by atoms with E-state index in [1.165, 1.54) is 44.0 Å². The number of phenolic OH excluding ortho intramolecular Hbond substituents is 2. The predicted octanol–water partition coefficient (Wildman–Crippen LogP) is 2.53. The summed E-state index contributed by atoms with van der Waals surface area (Å²) < 4.78 is 0. The number of hydrazone groups is 1. The van der Waals surface area contributed by atoms with Gasteiger partial charge in [0.1, 0.15) is 17.3 Å². The van der Waals surface area contributed by atoms with Crippen molar-refractivity contribution in [2.75, 3.05) is 41.4 Å². The summed E-state index contributed by atoms with van der Waals surface area (Å²) in [6.07, 6.45) is 6.20. The molecule has 27 heavy (non-hydrogen) atoms. The summed E-state index contributed by atoms with van der Waals surface area (Å²) in [7, 11) is 0. The van der Waals surface area contributed by atoms with Crippen LogP contribution in [0.3, 0.4) is 0 Å². The number of nitrogens with one attached hydrogen (secondary N) is 1. The molecule has 0 unspecified atom stereocenters. The van der Waals surface area contributed by atoms with Crippen LogP contribution in [0.25, 0.3) is 0 Å². The Morgan fingerprint density at radius 2 is 1.63 bits per heavy atom. The van der Waals surface area contributed by atoms with Crippen LogP contribution in [0.2, 0.25) is 0 Å². The van der Waals surface area contributed by atoms with E-state index in [9.17, 15) is 10.2 Å². The fraction of sp³-hybridized carbons (Fsp3) is 0.421. The zero-order valence-electron chi connectivity index (χ0n) is 15.2. The van der Waals surface area contributed by atoms with Gasteiger partial charge in [0.15, 0.2) is 5.82 Å². The molecule has 3 N–H and O–H groups in total. The van der Waals surface area contributed by atoms with Gasteiger partial charge in [0.25, 0.3) is 0 Å². The molecule has 2 aliphatic rings. The van der Waals surface area contributed by atoms with Crippen LogP contribution in [0.1, 0.15) is 31.2 Å². The zero-order valence-corrected chi connectivity index (χ0v) is 15.2.